The molecule has 0 fully saturated rings. The molecule has 1 amide bonds. The van der Waals surface area contributed by atoms with Crippen molar-refractivity contribution in [1.29, 1.82) is 0 Å². The number of nitrogens with zero attached hydrogens (tertiary/aromatic N) is 3. The Morgan fingerprint density at radius 3 is 2.48 bits per heavy atom. The van der Waals surface area contributed by atoms with Crippen molar-refractivity contribution >= 4 is 40.0 Å². The molecule has 0 aliphatic rings. The number of benzene rings is 3. The van der Waals surface area contributed by atoms with Gasteiger partial charge in [0.2, 0.25) is 0 Å². The Labute approximate surface area is 172 Å². The van der Waals surface area contributed by atoms with Crippen molar-refractivity contribution in [2.75, 3.05) is 12.4 Å². The van der Waals surface area contributed by atoms with Gasteiger partial charge in [0.15, 0.2) is 5.11 Å². The Morgan fingerprint density at radius 1 is 0.966 bits per heavy atom. The largest absolute Gasteiger partial charge is 0.496 e. The molecule has 0 spiro atoms. The molecule has 2 N–H and O–H groups in total. The molecule has 0 radical (unpaired) electrons. The number of ether oxygens (including phenoxy) is 1. The van der Waals surface area contributed by atoms with Crippen LogP contribution in [0.3, 0.4) is 0 Å². The van der Waals surface area contributed by atoms with Gasteiger partial charge in [0.25, 0.3) is 5.91 Å². The summed E-state index contributed by atoms with van der Waals surface area (Å²) in [6.45, 7) is 0. The molecule has 0 saturated heterocycles. The highest BCUT2D eigenvalue weighted by molar-refractivity contribution is 7.80. The van der Waals surface area contributed by atoms with Crippen LogP contribution in [0.25, 0.3) is 16.7 Å². The SMILES string of the molecule is COc1ccccc1C(=O)NC(=S)Nc1ccc2nn(-c3ccccc3)nc2c1. The van der Waals surface area contributed by atoms with Crippen LogP contribution in [0.2, 0.25) is 0 Å². The number of hydrogen-bond acceptors (Lipinski definition) is 5. The summed E-state index contributed by atoms with van der Waals surface area (Å²) in [7, 11) is 1.51. The van der Waals surface area contributed by atoms with Crippen molar-refractivity contribution in [3.05, 3.63) is 78.4 Å². The van der Waals surface area contributed by atoms with Crippen LogP contribution in [-0.4, -0.2) is 33.1 Å². The maximum Gasteiger partial charge on any atom is 0.261 e. The average Bonchev–Trinajstić information content (AvgIpc) is 3.17. The Hall–Kier alpha value is -3.78. The minimum absolute atomic E-state index is 0.177. The van der Waals surface area contributed by atoms with E-state index in [0.29, 0.717) is 22.5 Å². The highest BCUT2D eigenvalue weighted by Crippen LogP contribution is 2.19. The third-order valence-electron chi connectivity index (χ3n) is 4.20. The molecule has 0 unspecified atom stereocenters. The fourth-order valence-corrected chi connectivity index (χ4v) is 3.04. The van der Waals surface area contributed by atoms with Crippen LogP contribution < -0.4 is 15.4 Å². The zero-order valence-electron chi connectivity index (χ0n) is 15.5. The fraction of sp³-hybridized carbons (Fsp3) is 0.0476. The highest BCUT2D eigenvalue weighted by Gasteiger charge is 2.13. The zero-order valence-corrected chi connectivity index (χ0v) is 16.3. The summed E-state index contributed by atoms with van der Waals surface area (Å²) in [5, 5.41) is 14.8. The lowest BCUT2D eigenvalue weighted by Gasteiger charge is -2.11. The number of fused-ring (bicyclic) bond motifs is 1. The Morgan fingerprint density at radius 2 is 1.69 bits per heavy atom. The Kier molecular flexibility index (Phi) is 5.17. The van der Waals surface area contributed by atoms with Crippen molar-refractivity contribution in [1.82, 2.24) is 20.3 Å². The number of carbonyl (C=O) groups is 1. The van der Waals surface area contributed by atoms with Crippen LogP contribution in [0.4, 0.5) is 5.69 Å². The summed E-state index contributed by atoms with van der Waals surface area (Å²) in [5.41, 5.74) is 3.43. The maximum atomic E-state index is 12.5. The van der Waals surface area contributed by atoms with Crippen molar-refractivity contribution in [2.24, 2.45) is 0 Å². The number of amides is 1. The second kappa shape index (κ2) is 8.07. The van der Waals surface area contributed by atoms with Crippen molar-refractivity contribution < 1.29 is 9.53 Å². The van der Waals surface area contributed by atoms with Crippen molar-refractivity contribution in [2.45, 2.75) is 0 Å². The molecule has 7 nitrogen and oxygen atoms in total. The van der Waals surface area contributed by atoms with Gasteiger partial charge in [-0.1, -0.05) is 30.3 Å². The molecule has 4 rings (SSSR count). The van der Waals surface area contributed by atoms with E-state index in [2.05, 4.69) is 20.8 Å². The van der Waals surface area contributed by atoms with Gasteiger partial charge in [-0.05, 0) is 54.7 Å². The molecule has 0 aliphatic carbocycles. The van der Waals surface area contributed by atoms with Gasteiger partial charge in [-0.25, -0.2) is 0 Å². The number of carbonyl (C=O) groups excluding carboxylic acids is 1. The van der Waals surface area contributed by atoms with Gasteiger partial charge in [-0.3, -0.25) is 10.1 Å². The lowest BCUT2D eigenvalue weighted by atomic mass is 10.2. The van der Waals surface area contributed by atoms with E-state index < -0.39 is 0 Å². The first-order chi connectivity index (χ1) is 14.1. The Balaban J connectivity index is 1.49. The van der Waals surface area contributed by atoms with Gasteiger partial charge in [0.1, 0.15) is 16.8 Å². The van der Waals surface area contributed by atoms with E-state index in [1.54, 1.807) is 29.1 Å². The number of rotatable bonds is 4. The molecule has 4 aromatic rings. The third kappa shape index (κ3) is 4.07. The van der Waals surface area contributed by atoms with E-state index in [1.165, 1.54) is 7.11 Å². The van der Waals surface area contributed by atoms with Gasteiger partial charge in [0, 0.05) is 5.69 Å². The first-order valence-corrected chi connectivity index (χ1v) is 9.23. The monoisotopic (exact) mass is 403 g/mol. The van der Waals surface area contributed by atoms with E-state index in [4.69, 9.17) is 17.0 Å². The van der Waals surface area contributed by atoms with Gasteiger partial charge in [-0.15, -0.1) is 10.2 Å². The third-order valence-corrected chi connectivity index (χ3v) is 4.41. The minimum Gasteiger partial charge on any atom is -0.496 e. The van der Waals surface area contributed by atoms with E-state index in [9.17, 15) is 4.79 Å². The summed E-state index contributed by atoms with van der Waals surface area (Å²) >= 11 is 5.27. The second-order valence-corrected chi connectivity index (χ2v) is 6.55. The smallest absolute Gasteiger partial charge is 0.261 e. The van der Waals surface area contributed by atoms with Crippen LogP contribution in [0.15, 0.2) is 72.8 Å². The molecular formula is C21H17N5O2S. The van der Waals surface area contributed by atoms with E-state index in [-0.39, 0.29) is 11.0 Å². The second-order valence-electron chi connectivity index (χ2n) is 6.14. The molecule has 1 heterocycles. The molecular weight excluding hydrogens is 386 g/mol. The molecule has 0 atom stereocenters. The lowest BCUT2D eigenvalue weighted by Crippen LogP contribution is -2.34. The molecule has 0 bridgehead atoms. The van der Waals surface area contributed by atoms with Gasteiger partial charge in [0.05, 0.1) is 18.4 Å². The summed E-state index contributed by atoms with van der Waals surface area (Å²) in [4.78, 5) is 14.0. The molecule has 8 heteroatoms. The summed E-state index contributed by atoms with van der Waals surface area (Å²) in [6.07, 6.45) is 0. The first-order valence-electron chi connectivity index (χ1n) is 8.82. The highest BCUT2D eigenvalue weighted by atomic mass is 32.1. The molecule has 0 saturated carbocycles. The number of thiocarbonyl (C=S) groups is 1. The lowest BCUT2D eigenvalue weighted by molar-refractivity contribution is 0.0975. The molecule has 0 aliphatic heterocycles. The summed E-state index contributed by atoms with van der Waals surface area (Å²) in [5.74, 6) is 0.128. The van der Waals surface area contributed by atoms with E-state index >= 15 is 0 Å². The standard InChI is InChI=1S/C21H17N5O2S/c1-28-19-10-6-5-9-16(19)20(27)23-21(29)22-14-11-12-17-18(13-14)25-26(24-17)15-7-3-2-4-8-15/h2-13H,1H3,(H2,22,23,27,29). The van der Waals surface area contributed by atoms with Gasteiger partial charge < -0.3 is 10.1 Å². The number of anilines is 1. The molecule has 29 heavy (non-hydrogen) atoms. The zero-order chi connectivity index (χ0) is 20.2. The van der Waals surface area contributed by atoms with E-state index in [0.717, 1.165) is 11.2 Å². The number of hydrogen-bond donors (Lipinski definition) is 2. The number of nitrogens with one attached hydrogen (secondary N) is 2. The topological polar surface area (TPSA) is 81.1 Å². The van der Waals surface area contributed by atoms with Crippen molar-refractivity contribution in [3.63, 3.8) is 0 Å². The van der Waals surface area contributed by atoms with Crippen LogP contribution in [0, 0.1) is 0 Å². The first kappa shape index (κ1) is 18.6. The quantitative estimate of drug-likeness (QED) is 0.507. The van der Waals surface area contributed by atoms with Gasteiger partial charge >= 0.3 is 0 Å². The van der Waals surface area contributed by atoms with Crippen LogP contribution in [0.1, 0.15) is 10.4 Å². The summed E-state index contributed by atoms with van der Waals surface area (Å²) < 4.78 is 5.21. The normalized spacial score (nSPS) is 10.5. The molecule has 3 aromatic carbocycles. The predicted octanol–water partition coefficient (Wildman–Crippen LogP) is 3.56. The van der Waals surface area contributed by atoms with Crippen LogP contribution in [-0.2, 0) is 0 Å². The van der Waals surface area contributed by atoms with Gasteiger partial charge in [-0.2, -0.15) is 4.80 Å². The predicted molar refractivity (Wildman–Crippen MR) is 116 cm³/mol. The average molecular weight is 403 g/mol. The molecule has 1 aromatic heterocycles. The molecule has 144 valence electrons. The number of aromatic nitrogens is 3. The summed E-state index contributed by atoms with van der Waals surface area (Å²) in [6, 6.07) is 22.1. The maximum absolute atomic E-state index is 12.5. The fourth-order valence-electron chi connectivity index (χ4n) is 2.83. The Bertz CT molecular complexity index is 1190. The number of para-hydroxylation sites is 2. The van der Waals surface area contributed by atoms with Crippen LogP contribution in [0.5, 0.6) is 5.75 Å². The minimum atomic E-state index is -0.351. The van der Waals surface area contributed by atoms with Crippen LogP contribution >= 0.6 is 12.2 Å². The number of methoxy groups -OCH3 is 1. The van der Waals surface area contributed by atoms with Crippen molar-refractivity contribution in [3.8, 4) is 11.4 Å². The van der Waals surface area contributed by atoms with E-state index in [1.807, 2.05) is 48.5 Å².